The van der Waals surface area contributed by atoms with Crippen LogP contribution in [0.3, 0.4) is 0 Å². The predicted octanol–water partition coefficient (Wildman–Crippen LogP) is 2.13. The summed E-state index contributed by atoms with van der Waals surface area (Å²) in [4.78, 5) is 0. The molecule has 0 bridgehead atoms. The van der Waals surface area contributed by atoms with Gasteiger partial charge in [-0.3, -0.25) is 0 Å². The standard InChI is InChI=1S/C9H16O/c1-3-4-5-6-9(2)7-8-10/h3,5,9-10H,6-8H2,1-2H3. The lowest BCUT2D eigenvalue weighted by molar-refractivity contribution is 0.263. The summed E-state index contributed by atoms with van der Waals surface area (Å²) in [5.41, 5.74) is 3.01. The maximum Gasteiger partial charge on any atom is 0.0433 e. The van der Waals surface area contributed by atoms with E-state index in [0.717, 1.165) is 12.8 Å². The summed E-state index contributed by atoms with van der Waals surface area (Å²) >= 11 is 0. The van der Waals surface area contributed by atoms with Gasteiger partial charge in [-0.05, 0) is 37.8 Å². The molecule has 0 saturated heterocycles. The van der Waals surface area contributed by atoms with Gasteiger partial charge in [-0.25, -0.2) is 0 Å². The Balaban J connectivity index is 3.38. The Kier molecular flexibility index (Phi) is 6.25. The highest BCUT2D eigenvalue weighted by molar-refractivity contribution is 4.82. The second-order valence-corrected chi connectivity index (χ2v) is 2.51. The second-order valence-electron chi connectivity index (χ2n) is 2.51. The van der Waals surface area contributed by atoms with E-state index in [2.05, 4.69) is 12.7 Å². The van der Waals surface area contributed by atoms with Crippen LogP contribution in [0.25, 0.3) is 0 Å². The van der Waals surface area contributed by atoms with Crippen molar-refractivity contribution in [3.05, 3.63) is 17.9 Å². The van der Waals surface area contributed by atoms with Gasteiger partial charge in [-0.1, -0.05) is 6.92 Å². The van der Waals surface area contributed by atoms with Crippen molar-refractivity contribution in [3.63, 3.8) is 0 Å². The lowest BCUT2D eigenvalue weighted by Crippen LogP contribution is -1.95. The molecule has 0 aliphatic rings. The molecule has 10 heavy (non-hydrogen) atoms. The summed E-state index contributed by atoms with van der Waals surface area (Å²) in [6.07, 6.45) is 5.82. The highest BCUT2D eigenvalue weighted by Gasteiger charge is 1.95. The van der Waals surface area contributed by atoms with Crippen LogP contribution in [0.2, 0.25) is 0 Å². The Morgan fingerprint density at radius 2 is 2.30 bits per heavy atom. The number of allylic oxidation sites excluding steroid dienone is 1. The Hall–Kier alpha value is -0.520. The zero-order chi connectivity index (χ0) is 7.82. The van der Waals surface area contributed by atoms with Crippen LogP contribution in [0.4, 0.5) is 0 Å². The normalized spacial score (nSPS) is 11.9. The first-order chi connectivity index (χ1) is 4.81. The summed E-state index contributed by atoms with van der Waals surface area (Å²) < 4.78 is 0. The molecule has 0 aliphatic carbocycles. The van der Waals surface area contributed by atoms with Crippen molar-refractivity contribution < 1.29 is 5.11 Å². The van der Waals surface area contributed by atoms with Gasteiger partial charge in [0.25, 0.3) is 0 Å². The van der Waals surface area contributed by atoms with E-state index < -0.39 is 0 Å². The van der Waals surface area contributed by atoms with E-state index in [1.54, 1.807) is 0 Å². The summed E-state index contributed by atoms with van der Waals surface area (Å²) in [7, 11) is 0. The fourth-order valence-electron chi connectivity index (χ4n) is 0.725. The van der Waals surface area contributed by atoms with Gasteiger partial charge in [0.2, 0.25) is 0 Å². The molecule has 1 nitrogen and oxygen atoms in total. The fourth-order valence-corrected chi connectivity index (χ4v) is 0.725. The third-order valence-electron chi connectivity index (χ3n) is 1.43. The van der Waals surface area contributed by atoms with Crippen LogP contribution in [-0.2, 0) is 0 Å². The molecule has 1 heteroatoms. The molecule has 0 aliphatic heterocycles. The van der Waals surface area contributed by atoms with Crippen LogP contribution in [0, 0.1) is 5.92 Å². The van der Waals surface area contributed by atoms with Crippen molar-refractivity contribution in [3.8, 4) is 0 Å². The van der Waals surface area contributed by atoms with E-state index in [-0.39, 0.29) is 0 Å². The predicted molar refractivity (Wildman–Crippen MR) is 43.8 cm³/mol. The van der Waals surface area contributed by atoms with Crippen molar-refractivity contribution in [2.45, 2.75) is 26.7 Å². The Morgan fingerprint density at radius 1 is 1.60 bits per heavy atom. The number of hydrogen-bond acceptors (Lipinski definition) is 1. The van der Waals surface area contributed by atoms with Crippen LogP contribution in [0.15, 0.2) is 17.9 Å². The molecule has 0 aromatic rings. The van der Waals surface area contributed by atoms with Crippen molar-refractivity contribution in [2.24, 2.45) is 5.92 Å². The largest absolute Gasteiger partial charge is 0.396 e. The monoisotopic (exact) mass is 140 g/mol. The van der Waals surface area contributed by atoms with E-state index in [4.69, 9.17) is 5.11 Å². The SMILES string of the molecule is CC=C=CCC(C)CCO. The Bertz CT molecular complexity index is 121. The van der Waals surface area contributed by atoms with Gasteiger partial charge in [0.1, 0.15) is 0 Å². The topological polar surface area (TPSA) is 20.2 Å². The van der Waals surface area contributed by atoms with E-state index in [9.17, 15) is 0 Å². The highest BCUT2D eigenvalue weighted by Crippen LogP contribution is 2.05. The minimum Gasteiger partial charge on any atom is -0.396 e. The van der Waals surface area contributed by atoms with Crippen molar-refractivity contribution >= 4 is 0 Å². The molecule has 58 valence electrons. The van der Waals surface area contributed by atoms with Gasteiger partial charge in [0.05, 0.1) is 0 Å². The minimum absolute atomic E-state index is 0.296. The van der Waals surface area contributed by atoms with Gasteiger partial charge in [-0.2, -0.15) is 0 Å². The molecule has 0 saturated carbocycles. The third-order valence-corrected chi connectivity index (χ3v) is 1.43. The van der Waals surface area contributed by atoms with Crippen molar-refractivity contribution in [1.82, 2.24) is 0 Å². The maximum atomic E-state index is 8.55. The molecule has 0 amide bonds. The van der Waals surface area contributed by atoms with Crippen LogP contribution in [0.1, 0.15) is 26.7 Å². The molecule has 1 unspecified atom stereocenters. The van der Waals surface area contributed by atoms with Gasteiger partial charge in [0.15, 0.2) is 0 Å². The smallest absolute Gasteiger partial charge is 0.0433 e. The van der Waals surface area contributed by atoms with Crippen molar-refractivity contribution in [2.75, 3.05) is 6.61 Å². The molecular weight excluding hydrogens is 124 g/mol. The van der Waals surface area contributed by atoms with Crippen LogP contribution in [-0.4, -0.2) is 11.7 Å². The van der Waals surface area contributed by atoms with Crippen LogP contribution >= 0.6 is 0 Å². The summed E-state index contributed by atoms with van der Waals surface area (Å²) in [5, 5.41) is 8.55. The quantitative estimate of drug-likeness (QED) is 0.593. The zero-order valence-corrected chi connectivity index (χ0v) is 6.80. The Morgan fingerprint density at radius 3 is 2.80 bits per heavy atom. The first-order valence-corrected chi connectivity index (χ1v) is 3.77. The number of rotatable bonds is 4. The highest BCUT2D eigenvalue weighted by atomic mass is 16.2. The number of aliphatic hydroxyl groups excluding tert-OH is 1. The van der Waals surface area contributed by atoms with Crippen LogP contribution < -0.4 is 0 Å². The third kappa shape index (κ3) is 5.61. The zero-order valence-electron chi connectivity index (χ0n) is 6.80. The molecule has 1 atom stereocenters. The second kappa shape index (κ2) is 6.60. The molecule has 1 N–H and O–H groups in total. The maximum absolute atomic E-state index is 8.55. The van der Waals surface area contributed by atoms with E-state index in [0.29, 0.717) is 12.5 Å². The van der Waals surface area contributed by atoms with Gasteiger partial charge in [-0.15, -0.1) is 5.73 Å². The average molecular weight is 140 g/mol. The van der Waals surface area contributed by atoms with E-state index >= 15 is 0 Å². The molecule has 0 aromatic carbocycles. The molecule has 0 fully saturated rings. The van der Waals surface area contributed by atoms with Crippen molar-refractivity contribution in [1.29, 1.82) is 0 Å². The lowest BCUT2D eigenvalue weighted by atomic mass is 10.1. The molecule has 0 radical (unpaired) electrons. The molecular formula is C9H16O. The Labute approximate surface area is 63.1 Å². The van der Waals surface area contributed by atoms with Gasteiger partial charge >= 0.3 is 0 Å². The van der Waals surface area contributed by atoms with Gasteiger partial charge < -0.3 is 5.11 Å². The van der Waals surface area contributed by atoms with Gasteiger partial charge in [0, 0.05) is 6.61 Å². The minimum atomic E-state index is 0.296. The number of hydrogen-bond donors (Lipinski definition) is 1. The van der Waals surface area contributed by atoms with Crippen LogP contribution in [0.5, 0.6) is 0 Å². The van der Waals surface area contributed by atoms with E-state index in [1.165, 1.54) is 0 Å². The summed E-state index contributed by atoms with van der Waals surface area (Å²) in [6.45, 7) is 4.38. The molecule has 0 aromatic heterocycles. The first kappa shape index (κ1) is 9.48. The summed E-state index contributed by atoms with van der Waals surface area (Å²) in [5.74, 6) is 0.581. The van der Waals surface area contributed by atoms with E-state index in [1.807, 2.05) is 19.1 Å². The molecule has 0 spiro atoms. The first-order valence-electron chi connectivity index (χ1n) is 3.77. The molecule has 0 heterocycles. The molecule has 0 rings (SSSR count). The summed E-state index contributed by atoms with van der Waals surface area (Å²) in [6, 6.07) is 0. The number of aliphatic hydroxyl groups is 1. The lowest BCUT2D eigenvalue weighted by Gasteiger charge is -2.02. The fraction of sp³-hybridized carbons (Fsp3) is 0.667. The average Bonchev–Trinajstić information content (AvgIpc) is 1.89.